The van der Waals surface area contributed by atoms with E-state index in [9.17, 15) is 8.78 Å². The Morgan fingerprint density at radius 2 is 1.70 bits per heavy atom. The third-order valence-corrected chi connectivity index (χ3v) is 4.02. The van der Waals surface area contributed by atoms with E-state index in [2.05, 4.69) is 5.32 Å². The fraction of sp³-hybridized carbons (Fsp3) is 0.250. The van der Waals surface area contributed by atoms with E-state index < -0.39 is 11.6 Å². The van der Waals surface area contributed by atoms with E-state index >= 15 is 0 Å². The largest absolute Gasteiger partial charge is 0.380 e. The lowest BCUT2D eigenvalue weighted by Gasteiger charge is -2.37. The molecule has 0 unspecified atom stereocenters. The molecular formula is C16H14ClF2N. The van der Waals surface area contributed by atoms with Crippen molar-refractivity contribution in [3.8, 4) is 0 Å². The van der Waals surface area contributed by atoms with Crippen molar-refractivity contribution in [2.75, 3.05) is 5.32 Å². The Kier molecular flexibility index (Phi) is 3.62. The summed E-state index contributed by atoms with van der Waals surface area (Å²) >= 11 is 5.86. The zero-order chi connectivity index (χ0) is 14.1. The Hall–Kier alpha value is -1.61. The summed E-state index contributed by atoms with van der Waals surface area (Å²) in [5.41, 5.74) is 1.62. The fourth-order valence-electron chi connectivity index (χ4n) is 2.57. The molecule has 1 aliphatic carbocycles. The average Bonchev–Trinajstić information content (AvgIpc) is 2.37. The van der Waals surface area contributed by atoms with Crippen LogP contribution in [-0.4, -0.2) is 6.04 Å². The van der Waals surface area contributed by atoms with Gasteiger partial charge in [0.15, 0.2) is 0 Å². The first-order valence-corrected chi connectivity index (χ1v) is 6.96. The first-order valence-electron chi connectivity index (χ1n) is 6.59. The van der Waals surface area contributed by atoms with Crippen molar-refractivity contribution in [3.05, 3.63) is 64.7 Å². The van der Waals surface area contributed by atoms with Crippen LogP contribution >= 0.6 is 11.6 Å². The zero-order valence-corrected chi connectivity index (χ0v) is 11.5. The third-order valence-electron chi connectivity index (χ3n) is 3.77. The van der Waals surface area contributed by atoms with Gasteiger partial charge < -0.3 is 5.32 Å². The molecule has 0 amide bonds. The van der Waals surface area contributed by atoms with Crippen molar-refractivity contribution in [1.29, 1.82) is 0 Å². The van der Waals surface area contributed by atoms with Gasteiger partial charge in [0.1, 0.15) is 11.6 Å². The molecule has 1 saturated carbocycles. The smallest absolute Gasteiger partial charge is 0.149 e. The highest BCUT2D eigenvalue weighted by Gasteiger charge is 2.30. The first kappa shape index (κ1) is 13.4. The molecule has 0 heterocycles. The van der Waals surface area contributed by atoms with Gasteiger partial charge in [-0.1, -0.05) is 23.7 Å². The summed E-state index contributed by atoms with van der Waals surface area (Å²) in [5.74, 6) is -0.617. The highest BCUT2D eigenvalue weighted by molar-refractivity contribution is 6.30. The molecule has 0 atom stereocenters. The van der Waals surface area contributed by atoms with Gasteiger partial charge in [-0.05, 0) is 48.6 Å². The Bertz CT molecular complexity index is 606. The Labute approximate surface area is 121 Å². The summed E-state index contributed by atoms with van der Waals surface area (Å²) in [4.78, 5) is 0. The van der Waals surface area contributed by atoms with Crippen molar-refractivity contribution < 1.29 is 8.78 Å². The van der Waals surface area contributed by atoms with E-state index in [1.807, 2.05) is 24.3 Å². The average molecular weight is 294 g/mol. The molecule has 2 aromatic carbocycles. The summed E-state index contributed by atoms with van der Waals surface area (Å²) in [7, 11) is 0. The monoisotopic (exact) mass is 293 g/mol. The van der Waals surface area contributed by atoms with Gasteiger partial charge in [0.2, 0.25) is 0 Å². The number of hydrogen-bond acceptors (Lipinski definition) is 1. The van der Waals surface area contributed by atoms with Crippen LogP contribution in [0.25, 0.3) is 0 Å². The molecular weight excluding hydrogens is 280 g/mol. The van der Waals surface area contributed by atoms with Gasteiger partial charge >= 0.3 is 0 Å². The number of nitrogens with one attached hydrogen (secondary N) is 1. The van der Waals surface area contributed by atoms with Crippen LogP contribution in [-0.2, 0) is 0 Å². The van der Waals surface area contributed by atoms with E-state index in [-0.39, 0.29) is 6.04 Å². The second kappa shape index (κ2) is 5.41. The van der Waals surface area contributed by atoms with Crippen LogP contribution in [0.5, 0.6) is 0 Å². The lowest BCUT2D eigenvalue weighted by molar-refractivity contribution is 0.373. The number of hydrogen-bond donors (Lipinski definition) is 1. The van der Waals surface area contributed by atoms with E-state index in [1.165, 1.54) is 17.7 Å². The number of halogens is 3. The second-order valence-electron chi connectivity index (χ2n) is 5.19. The highest BCUT2D eigenvalue weighted by Crippen LogP contribution is 2.39. The fourth-order valence-corrected chi connectivity index (χ4v) is 2.70. The van der Waals surface area contributed by atoms with Gasteiger partial charge in [0.05, 0.1) is 5.69 Å². The number of rotatable bonds is 3. The normalized spacial score (nSPS) is 21.4. The molecule has 2 aromatic rings. The van der Waals surface area contributed by atoms with Crippen LogP contribution < -0.4 is 5.32 Å². The van der Waals surface area contributed by atoms with E-state index in [1.54, 1.807) is 0 Å². The minimum atomic E-state index is -0.555. The van der Waals surface area contributed by atoms with Crippen molar-refractivity contribution in [3.63, 3.8) is 0 Å². The molecule has 3 rings (SSSR count). The van der Waals surface area contributed by atoms with Crippen LogP contribution in [0.3, 0.4) is 0 Å². The van der Waals surface area contributed by atoms with Crippen molar-refractivity contribution in [1.82, 2.24) is 0 Å². The molecule has 0 saturated heterocycles. The minimum absolute atomic E-state index is 0.232. The van der Waals surface area contributed by atoms with Gasteiger partial charge in [-0.25, -0.2) is 8.78 Å². The Balaban J connectivity index is 1.59. The van der Waals surface area contributed by atoms with Crippen LogP contribution in [0.1, 0.15) is 24.3 Å². The molecule has 1 aliphatic rings. The van der Waals surface area contributed by atoms with Crippen LogP contribution in [0, 0.1) is 11.6 Å². The predicted octanol–water partition coefficient (Wildman–Crippen LogP) is 4.98. The van der Waals surface area contributed by atoms with Crippen molar-refractivity contribution in [2.24, 2.45) is 0 Å². The first-order chi connectivity index (χ1) is 9.61. The van der Waals surface area contributed by atoms with E-state index in [0.717, 1.165) is 23.9 Å². The summed E-state index contributed by atoms with van der Waals surface area (Å²) < 4.78 is 26.3. The maximum atomic E-state index is 13.5. The standard InChI is InChI=1S/C16H14ClF2N/c17-12-3-1-10(2-4-12)11-7-14(8-11)20-16-6-5-13(18)9-15(16)19/h1-6,9,11,14,20H,7-8H2. The molecule has 0 aromatic heterocycles. The van der Waals surface area contributed by atoms with Crippen LogP contribution in [0.2, 0.25) is 5.02 Å². The highest BCUT2D eigenvalue weighted by atomic mass is 35.5. The lowest BCUT2D eigenvalue weighted by atomic mass is 9.76. The SMILES string of the molecule is Fc1ccc(NC2CC(c3ccc(Cl)cc3)C2)c(F)c1. The molecule has 1 N–H and O–H groups in total. The molecule has 104 valence electrons. The van der Waals surface area contributed by atoms with Gasteiger partial charge in [0.25, 0.3) is 0 Å². The van der Waals surface area contributed by atoms with Gasteiger partial charge in [-0.2, -0.15) is 0 Å². The van der Waals surface area contributed by atoms with Gasteiger partial charge in [0, 0.05) is 17.1 Å². The molecule has 0 aliphatic heterocycles. The van der Waals surface area contributed by atoms with Crippen LogP contribution in [0.4, 0.5) is 14.5 Å². The maximum absolute atomic E-state index is 13.5. The Morgan fingerprint density at radius 3 is 2.35 bits per heavy atom. The van der Waals surface area contributed by atoms with Crippen LogP contribution in [0.15, 0.2) is 42.5 Å². The summed E-state index contributed by atoms with van der Waals surface area (Å²) in [6.07, 6.45) is 1.89. The number of benzene rings is 2. The molecule has 1 fully saturated rings. The molecule has 0 spiro atoms. The third kappa shape index (κ3) is 2.78. The molecule has 0 bridgehead atoms. The predicted molar refractivity (Wildman–Crippen MR) is 77.2 cm³/mol. The second-order valence-corrected chi connectivity index (χ2v) is 5.62. The zero-order valence-electron chi connectivity index (χ0n) is 10.7. The minimum Gasteiger partial charge on any atom is -0.380 e. The van der Waals surface area contributed by atoms with Crippen molar-refractivity contribution >= 4 is 17.3 Å². The molecule has 20 heavy (non-hydrogen) atoms. The number of anilines is 1. The van der Waals surface area contributed by atoms with E-state index in [0.29, 0.717) is 11.6 Å². The molecule has 0 radical (unpaired) electrons. The van der Waals surface area contributed by atoms with E-state index in [4.69, 9.17) is 11.6 Å². The summed E-state index contributed by atoms with van der Waals surface area (Å²) in [5, 5.41) is 3.85. The maximum Gasteiger partial charge on any atom is 0.149 e. The van der Waals surface area contributed by atoms with Gasteiger partial charge in [-0.3, -0.25) is 0 Å². The summed E-state index contributed by atoms with van der Waals surface area (Å²) in [6.45, 7) is 0. The van der Waals surface area contributed by atoms with Crippen molar-refractivity contribution in [2.45, 2.75) is 24.8 Å². The quantitative estimate of drug-likeness (QED) is 0.842. The topological polar surface area (TPSA) is 12.0 Å². The van der Waals surface area contributed by atoms with Gasteiger partial charge in [-0.15, -0.1) is 0 Å². The summed E-state index contributed by atoms with van der Waals surface area (Å²) in [6, 6.07) is 11.7. The molecule has 1 nitrogen and oxygen atoms in total. The Morgan fingerprint density at radius 1 is 1.00 bits per heavy atom. The lowest BCUT2D eigenvalue weighted by Crippen LogP contribution is -2.34. The molecule has 4 heteroatoms.